The molecule has 2 aromatic rings. The number of carbonyl (C=O) groups is 1. The first-order valence-corrected chi connectivity index (χ1v) is 5.81. The van der Waals surface area contributed by atoms with Crippen molar-refractivity contribution in [2.24, 2.45) is 0 Å². The van der Waals surface area contributed by atoms with Gasteiger partial charge in [0, 0.05) is 5.56 Å². The smallest absolute Gasteiger partial charge is 0.335 e. The van der Waals surface area contributed by atoms with Gasteiger partial charge in [0.05, 0.1) is 11.3 Å². The van der Waals surface area contributed by atoms with Crippen molar-refractivity contribution in [1.82, 2.24) is 10.2 Å². The van der Waals surface area contributed by atoms with Crippen molar-refractivity contribution < 1.29 is 14.3 Å². The Labute approximate surface area is 113 Å². The maximum Gasteiger partial charge on any atom is 0.335 e. The van der Waals surface area contributed by atoms with Gasteiger partial charge in [-0.1, -0.05) is 11.6 Å². The summed E-state index contributed by atoms with van der Waals surface area (Å²) in [5.74, 6) is -1.83. The van der Waals surface area contributed by atoms with E-state index in [1.54, 1.807) is 13.8 Å². The molecule has 1 N–H and O–H groups in total. The fraction of sp³-hybridized carbons (Fsp3) is 0.154. The lowest BCUT2D eigenvalue weighted by Gasteiger charge is -2.09. The van der Waals surface area contributed by atoms with Gasteiger partial charge in [-0.15, -0.1) is 10.2 Å². The van der Waals surface area contributed by atoms with Crippen molar-refractivity contribution >= 4 is 17.6 Å². The van der Waals surface area contributed by atoms with Crippen LogP contribution in [0.15, 0.2) is 18.2 Å². The predicted octanol–water partition coefficient (Wildman–Crippen LogP) is 3.25. The van der Waals surface area contributed by atoms with Crippen LogP contribution in [0.4, 0.5) is 4.39 Å². The van der Waals surface area contributed by atoms with E-state index in [1.165, 1.54) is 12.1 Å². The molecule has 0 saturated carbocycles. The number of carboxylic acid groups (broad SMARTS) is 1. The molecule has 6 heteroatoms. The summed E-state index contributed by atoms with van der Waals surface area (Å²) >= 11 is 5.84. The molecular formula is C13H10ClFN2O2. The van der Waals surface area contributed by atoms with E-state index in [9.17, 15) is 9.18 Å². The number of hydrogen-bond acceptors (Lipinski definition) is 3. The SMILES string of the molecule is Cc1c(Cl)nnc(-c2cc(F)cc(C(=O)O)c2)c1C. The molecule has 4 nitrogen and oxygen atoms in total. The Hall–Kier alpha value is -2.01. The van der Waals surface area contributed by atoms with E-state index in [4.69, 9.17) is 16.7 Å². The second-order valence-electron chi connectivity index (χ2n) is 4.12. The number of rotatable bonds is 2. The second kappa shape index (κ2) is 4.93. The third-order valence-electron chi connectivity index (χ3n) is 2.88. The minimum Gasteiger partial charge on any atom is -0.478 e. The van der Waals surface area contributed by atoms with Gasteiger partial charge in [0.25, 0.3) is 0 Å². The third kappa shape index (κ3) is 2.56. The van der Waals surface area contributed by atoms with Gasteiger partial charge < -0.3 is 5.11 Å². The van der Waals surface area contributed by atoms with Gasteiger partial charge >= 0.3 is 5.97 Å². The Morgan fingerprint density at radius 1 is 1.21 bits per heavy atom. The average Bonchev–Trinajstić information content (AvgIpc) is 2.35. The summed E-state index contributed by atoms with van der Waals surface area (Å²) in [5, 5.41) is 16.9. The molecule has 19 heavy (non-hydrogen) atoms. The molecule has 0 unspecified atom stereocenters. The quantitative estimate of drug-likeness (QED) is 0.917. The van der Waals surface area contributed by atoms with Crippen LogP contribution in [0.5, 0.6) is 0 Å². The van der Waals surface area contributed by atoms with E-state index in [2.05, 4.69) is 10.2 Å². The highest BCUT2D eigenvalue weighted by Crippen LogP contribution is 2.27. The van der Waals surface area contributed by atoms with Crippen LogP contribution in [0, 0.1) is 19.7 Å². The predicted molar refractivity (Wildman–Crippen MR) is 68.9 cm³/mol. The molecule has 0 radical (unpaired) electrons. The van der Waals surface area contributed by atoms with Crippen molar-refractivity contribution in [3.8, 4) is 11.3 Å². The lowest BCUT2D eigenvalue weighted by molar-refractivity contribution is 0.0696. The summed E-state index contributed by atoms with van der Waals surface area (Å²) in [4.78, 5) is 10.9. The Balaban J connectivity index is 2.65. The van der Waals surface area contributed by atoms with E-state index in [-0.39, 0.29) is 10.7 Å². The summed E-state index contributed by atoms with van der Waals surface area (Å²) in [6.07, 6.45) is 0. The molecule has 0 aliphatic carbocycles. The monoisotopic (exact) mass is 280 g/mol. The molecule has 98 valence electrons. The summed E-state index contributed by atoms with van der Waals surface area (Å²) in [7, 11) is 0. The Morgan fingerprint density at radius 2 is 1.89 bits per heavy atom. The molecule has 2 rings (SSSR count). The molecule has 0 saturated heterocycles. The molecule has 0 fully saturated rings. The van der Waals surface area contributed by atoms with Crippen LogP contribution in [0.25, 0.3) is 11.3 Å². The van der Waals surface area contributed by atoms with Crippen molar-refractivity contribution in [1.29, 1.82) is 0 Å². The zero-order chi connectivity index (χ0) is 14.2. The van der Waals surface area contributed by atoms with Gasteiger partial charge in [0.15, 0.2) is 5.15 Å². The van der Waals surface area contributed by atoms with Crippen LogP contribution in [0.2, 0.25) is 5.15 Å². The molecule has 1 heterocycles. The van der Waals surface area contributed by atoms with E-state index < -0.39 is 11.8 Å². The first-order valence-electron chi connectivity index (χ1n) is 5.43. The lowest BCUT2D eigenvalue weighted by Crippen LogP contribution is -2.01. The van der Waals surface area contributed by atoms with E-state index in [1.807, 2.05) is 0 Å². The second-order valence-corrected chi connectivity index (χ2v) is 4.48. The van der Waals surface area contributed by atoms with Gasteiger partial charge in [0.1, 0.15) is 5.82 Å². The highest BCUT2D eigenvalue weighted by Gasteiger charge is 2.14. The number of aromatic carboxylic acids is 1. The van der Waals surface area contributed by atoms with Gasteiger partial charge in [-0.2, -0.15) is 0 Å². The van der Waals surface area contributed by atoms with E-state index >= 15 is 0 Å². The zero-order valence-electron chi connectivity index (χ0n) is 10.2. The summed E-state index contributed by atoms with van der Waals surface area (Å²) in [6.45, 7) is 3.55. The lowest BCUT2D eigenvalue weighted by atomic mass is 10.0. The Kier molecular flexibility index (Phi) is 3.48. The van der Waals surface area contributed by atoms with Crippen LogP contribution in [0.3, 0.4) is 0 Å². The van der Waals surface area contributed by atoms with E-state index in [0.717, 1.165) is 17.2 Å². The molecular weight excluding hydrogens is 271 g/mol. The number of hydrogen-bond donors (Lipinski definition) is 1. The molecule has 0 amide bonds. The first-order chi connectivity index (χ1) is 8.90. The summed E-state index contributed by atoms with van der Waals surface area (Å²) < 4.78 is 13.4. The number of carboxylic acids is 1. The fourth-order valence-electron chi connectivity index (χ4n) is 1.70. The molecule has 0 atom stereocenters. The summed E-state index contributed by atoms with van der Waals surface area (Å²) in [5.41, 5.74) is 2.12. The standard InChI is InChI=1S/C13H10ClFN2O2/c1-6-7(2)12(14)17-16-11(6)8-3-9(13(18)19)5-10(15)4-8/h3-5H,1-2H3,(H,18,19). The molecule has 0 aliphatic heterocycles. The maximum absolute atomic E-state index is 13.4. The third-order valence-corrected chi connectivity index (χ3v) is 3.24. The molecule has 0 bridgehead atoms. The van der Waals surface area contributed by atoms with Gasteiger partial charge in [0.2, 0.25) is 0 Å². The van der Waals surface area contributed by atoms with Crippen molar-refractivity contribution in [3.63, 3.8) is 0 Å². The number of halogens is 2. The minimum absolute atomic E-state index is 0.135. The van der Waals surface area contributed by atoms with Gasteiger partial charge in [-0.05, 0) is 43.2 Å². The van der Waals surface area contributed by atoms with Crippen molar-refractivity contribution in [3.05, 3.63) is 45.9 Å². The Morgan fingerprint density at radius 3 is 2.53 bits per heavy atom. The highest BCUT2D eigenvalue weighted by atomic mass is 35.5. The fourth-order valence-corrected chi connectivity index (χ4v) is 1.88. The van der Waals surface area contributed by atoms with Crippen molar-refractivity contribution in [2.75, 3.05) is 0 Å². The van der Waals surface area contributed by atoms with Gasteiger partial charge in [-0.3, -0.25) is 0 Å². The molecule has 0 aliphatic rings. The van der Waals surface area contributed by atoms with Crippen LogP contribution in [0.1, 0.15) is 21.5 Å². The van der Waals surface area contributed by atoms with Crippen LogP contribution < -0.4 is 0 Å². The number of benzene rings is 1. The Bertz CT molecular complexity index is 674. The van der Waals surface area contributed by atoms with Crippen LogP contribution in [-0.4, -0.2) is 21.3 Å². The molecule has 0 spiro atoms. The van der Waals surface area contributed by atoms with Crippen LogP contribution in [-0.2, 0) is 0 Å². The minimum atomic E-state index is -1.20. The zero-order valence-corrected chi connectivity index (χ0v) is 11.0. The number of aromatic nitrogens is 2. The normalized spacial score (nSPS) is 10.5. The van der Waals surface area contributed by atoms with Crippen LogP contribution >= 0.6 is 11.6 Å². The van der Waals surface area contributed by atoms with Gasteiger partial charge in [-0.25, -0.2) is 9.18 Å². The molecule has 1 aromatic heterocycles. The van der Waals surface area contributed by atoms with Crippen molar-refractivity contribution in [2.45, 2.75) is 13.8 Å². The highest BCUT2D eigenvalue weighted by molar-refractivity contribution is 6.30. The largest absolute Gasteiger partial charge is 0.478 e. The van der Waals surface area contributed by atoms with E-state index in [0.29, 0.717) is 11.3 Å². The first kappa shape index (κ1) is 13.4. The topological polar surface area (TPSA) is 63.1 Å². The summed E-state index contributed by atoms with van der Waals surface area (Å²) in [6, 6.07) is 3.53. The number of nitrogens with zero attached hydrogens (tertiary/aromatic N) is 2. The average molecular weight is 281 g/mol. The maximum atomic E-state index is 13.4. The molecule has 1 aromatic carbocycles.